The Labute approximate surface area is 98.8 Å². The number of ether oxygens (including phenoxy) is 1. The molecule has 0 saturated carbocycles. The number of nitriles is 1. The molecule has 0 bridgehead atoms. The third kappa shape index (κ3) is 2.73. The van der Waals surface area contributed by atoms with Gasteiger partial charge in [0.15, 0.2) is 6.10 Å². The Kier molecular flexibility index (Phi) is 3.57. The van der Waals surface area contributed by atoms with E-state index in [0.29, 0.717) is 30.9 Å². The van der Waals surface area contributed by atoms with Gasteiger partial charge in [-0.15, -0.1) is 0 Å². The highest BCUT2D eigenvalue weighted by Crippen LogP contribution is 2.21. The first-order chi connectivity index (χ1) is 8.22. The fraction of sp³-hybridized carbons (Fsp3) is 0.417. The summed E-state index contributed by atoms with van der Waals surface area (Å²) >= 11 is 0. The number of aliphatic hydroxyl groups is 1. The first-order valence-electron chi connectivity index (χ1n) is 5.39. The van der Waals surface area contributed by atoms with Crippen LogP contribution in [0.2, 0.25) is 0 Å². The summed E-state index contributed by atoms with van der Waals surface area (Å²) in [7, 11) is 0. The van der Waals surface area contributed by atoms with Crippen molar-refractivity contribution in [1.82, 2.24) is 0 Å². The van der Waals surface area contributed by atoms with Crippen LogP contribution >= 0.6 is 0 Å². The van der Waals surface area contributed by atoms with Gasteiger partial charge in [0.05, 0.1) is 25.8 Å². The van der Waals surface area contributed by atoms with E-state index >= 15 is 0 Å². The molecule has 1 aliphatic rings. The summed E-state index contributed by atoms with van der Waals surface area (Å²) in [6, 6.07) is 6.46. The Balaban J connectivity index is 2.21. The standard InChI is InChI=1S/C12H13FN2O2/c13-10-3-9(8-16)4-11(5-10)15-1-2-17-12(6-14)7-15/h3-5,12,16H,1-2,7-8H2. The van der Waals surface area contributed by atoms with E-state index in [-0.39, 0.29) is 12.4 Å². The van der Waals surface area contributed by atoms with Gasteiger partial charge in [0.1, 0.15) is 5.82 Å². The molecule has 1 saturated heterocycles. The van der Waals surface area contributed by atoms with Crippen LogP contribution in [0.25, 0.3) is 0 Å². The zero-order valence-electron chi connectivity index (χ0n) is 9.27. The summed E-state index contributed by atoms with van der Waals surface area (Å²) in [5.41, 5.74) is 1.21. The van der Waals surface area contributed by atoms with Gasteiger partial charge < -0.3 is 14.7 Å². The number of aliphatic hydroxyl groups excluding tert-OH is 1. The Bertz CT molecular complexity index is 445. The van der Waals surface area contributed by atoms with Crippen molar-refractivity contribution in [2.24, 2.45) is 0 Å². The molecule has 1 atom stereocenters. The lowest BCUT2D eigenvalue weighted by Gasteiger charge is -2.31. The molecule has 90 valence electrons. The Morgan fingerprint density at radius 1 is 1.53 bits per heavy atom. The molecule has 1 N–H and O–H groups in total. The molecule has 1 aliphatic heterocycles. The Morgan fingerprint density at radius 2 is 2.35 bits per heavy atom. The van der Waals surface area contributed by atoms with Gasteiger partial charge in [-0.25, -0.2) is 4.39 Å². The highest BCUT2D eigenvalue weighted by atomic mass is 19.1. The number of benzene rings is 1. The van der Waals surface area contributed by atoms with Gasteiger partial charge in [0.25, 0.3) is 0 Å². The molecule has 1 aromatic carbocycles. The largest absolute Gasteiger partial charge is 0.392 e. The van der Waals surface area contributed by atoms with Crippen LogP contribution in [0.5, 0.6) is 0 Å². The summed E-state index contributed by atoms with van der Waals surface area (Å²) in [6.07, 6.45) is -0.482. The predicted molar refractivity (Wildman–Crippen MR) is 59.9 cm³/mol. The van der Waals surface area contributed by atoms with Crippen molar-refractivity contribution in [3.63, 3.8) is 0 Å². The van der Waals surface area contributed by atoms with E-state index in [1.807, 2.05) is 11.0 Å². The molecule has 17 heavy (non-hydrogen) atoms. The van der Waals surface area contributed by atoms with Crippen molar-refractivity contribution in [3.05, 3.63) is 29.6 Å². The van der Waals surface area contributed by atoms with Crippen molar-refractivity contribution >= 4 is 5.69 Å². The summed E-state index contributed by atoms with van der Waals surface area (Å²) in [4.78, 5) is 1.89. The molecule has 1 heterocycles. The lowest BCUT2D eigenvalue weighted by molar-refractivity contribution is 0.0764. The van der Waals surface area contributed by atoms with Crippen LogP contribution in [0.3, 0.4) is 0 Å². The minimum atomic E-state index is -0.482. The molecule has 2 rings (SSSR count). The van der Waals surface area contributed by atoms with E-state index in [0.717, 1.165) is 0 Å². The summed E-state index contributed by atoms with van der Waals surface area (Å²) in [5.74, 6) is -0.383. The van der Waals surface area contributed by atoms with Crippen LogP contribution in [-0.4, -0.2) is 30.9 Å². The summed E-state index contributed by atoms with van der Waals surface area (Å²) in [6.45, 7) is 1.29. The van der Waals surface area contributed by atoms with Crippen molar-refractivity contribution in [1.29, 1.82) is 5.26 Å². The second-order valence-corrected chi connectivity index (χ2v) is 3.91. The van der Waals surface area contributed by atoms with Gasteiger partial charge in [-0.1, -0.05) is 0 Å². The number of hydrogen-bond acceptors (Lipinski definition) is 4. The number of morpholine rings is 1. The Hall–Kier alpha value is -1.64. The van der Waals surface area contributed by atoms with Crippen molar-refractivity contribution in [3.8, 4) is 6.07 Å². The zero-order valence-corrected chi connectivity index (χ0v) is 9.27. The van der Waals surface area contributed by atoms with Gasteiger partial charge in [0.2, 0.25) is 0 Å². The van der Waals surface area contributed by atoms with Crippen LogP contribution in [0, 0.1) is 17.1 Å². The quantitative estimate of drug-likeness (QED) is 0.833. The number of halogens is 1. The third-order valence-electron chi connectivity index (χ3n) is 2.70. The van der Waals surface area contributed by atoms with Crippen LogP contribution in [-0.2, 0) is 11.3 Å². The topological polar surface area (TPSA) is 56.5 Å². The average molecular weight is 236 g/mol. The van der Waals surface area contributed by atoms with Gasteiger partial charge in [-0.05, 0) is 23.8 Å². The maximum absolute atomic E-state index is 13.3. The zero-order chi connectivity index (χ0) is 12.3. The maximum Gasteiger partial charge on any atom is 0.161 e. The molecule has 0 radical (unpaired) electrons. The molecule has 0 aliphatic carbocycles. The van der Waals surface area contributed by atoms with Crippen molar-refractivity contribution < 1.29 is 14.2 Å². The lowest BCUT2D eigenvalue weighted by Crippen LogP contribution is -2.41. The molecule has 1 fully saturated rings. The number of hydrogen-bond donors (Lipinski definition) is 1. The normalized spacial score (nSPS) is 20.1. The first kappa shape index (κ1) is 11.8. The summed E-state index contributed by atoms with van der Waals surface area (Å²) < 4.78 is 18.5. The number of anilines is 1. The molecule has 4 nitrogen and oxygen atoms in total. The average Bonchev–Trinajstić information content (AvgIpc) is 2.38. The second kappa shape index (κ2) is 5.13. The molecule has 0 aromatic heterocycles. The SMILES string of the molecule is N#CC1CN(c2cc(F)cc(CO)c2)CCO1. The molecular formula is C12H13FN2O2. The van der Waals surface area contributed by atoms with Crippen molar-refractivity contribution in [2.75, 3.05) is 24.6 Å². The first-order valence-corrected chi connectivity index (χ1v) is 5.39. The summed E-state index contributed by atoms with van der Waals surface area (Å²) in [5, 5.41) is 17.8. The van der Waals surface area contributed by atoms with Gasteiger partial charge in [-0.3, -0.25) is 0 Å². The fourth-order valence-corrected chi connectivity index (χ4v) is 1.87. The molecule has 5 heteroatoms. The number of rotatable bonds is 2. The molecule has 1 unspecified atom stereocenters. The monoisotopic (exact) mass is 236 g/mol. The molecule has 0 spiro atoms. The third-order valence-corrected chi connectivity index (χ3v) is 2.70. The lowest BCUT2D eigenvalue weighted by atomic mass is 10.1. The van der Waals surface area contributed by atoms with Gasteiger partial charge in [-0.2, -0.15) is 5.26 Å². The smallest absolute Gasteiger partial charge is 0.161 e. The van der Waals surface area contributed by atoms with Crippen LogP contribution in [0.15, 0.2) is 18.2 Å². The van der Waals surface area contributed by atoms with Crippen LogP contribution in [0.4, 0.5) is 10.1 Å². The van der Waals surface area contributed by atoms with E-state index in [2.05, 4.69) is 0 Å². The molecule has 1 aromatic rings. The van der Waals surface area contributed by atoms with E-state index in [1.165, 1.54) is 12.1 Å². The van der Waals surface area contributed by atoms with Crippen LogP contribution < -0.4 is 4.90 Å². The van der Waals surface area contributed by atoms with E-state index in [4.69, 9.17) is 15.1 Å². The van der Waals surface area contributed by atoms with Gasteiger partial charge >= 0.3 is 0 Å². The van der Waals surface area contributed by atoms with E-state index in [9.17, 15) is 4.39 Å². The van der Waals surface area contributed by atoms with E-state index < -0.39 is 6.10 Å². The predicted octanol–water partition coefficient (Wildman–Crippen LogP) is 1.05. The minimum absolute atomic E-state index is 0.198. The van der Waals surface area contributed by atoms with Gasteiger partial charge in [0, 0.05) is 12.2 Å². The second-order valence-electron chi connectivity index (χ2n) is 3.91. The maximum atomic E-state index is 13.3. The highest BCUT2D eigenvalue weighted by Gasteiger charge is 2.20. The minimum Gasteiger partial charge on any atom is -0.392 e. The Morgan fingerprint density at radius 3 is 3.06 bits per heavy atom. The fourth-order valence-electron chi connectivity index (χ4n) is 1.87. The van der Waals surface area contributed by atoms with Crippen molar-refractivity contribution in [2.45, 2.75) is 12.7 Å². The molecular weight excluding hydrogens is 223 g/mol. The highest BCUT2D eigenvalue weighted by molar-refractivity contribution is 5.49. The van der Waals surface area contributed by atoms with Crippen LogP contribution in [0.1, 0.15) is 5.56 Å². The number of nitrogens with zero attached hydrogens (tertiary/aromatic N) is 2. The molecule has 0 amide bonds. The van der Waals surface area contributed by atoms with E-state index in [1.54, 1.807) is 6.07 Å².